The Morgan fingerprint density at radius 3 is 1.60 bits per heavy atom. The molecule has 28 valence electrons. The molecule has 0 aromatic rings. The molecule has 0 aliphatic heterocycles. The fourth-order valence-electron chi connectivity index (χ4n) is 0. The summed E-state index contributed by atoms with van der Waals surface area (Å²) >= 11 is -3.69. The molecule has 5 heteroatoms. The van der Waals surface area contributed by atoms with E-state index in [9.17, 15) is 0 Å². The molecule has 0 atom stereocenters. The van der Waals surface area contributed by atoms with Gasteiger partial charge in [0.05, 0.1) is 0 Å². The third-order valence-corrected chi connectivity index (χ3v) is 0. The second kappa shape index (κ2) is 5.62. The summed E-state index contributed by atoms with van der Waals surface area (Å²) in [4.78, 5) is 0. The molecule has 0 spiro atoms. The first-order valence-electron chi connectivity index (χ1n) is 0.565. The molecule has 0 bridgehead atoms. The number of rotatable bonds is 0. The van der Waals surface area contributed by atoms with Gasteiger partial charge in [-0.05, 0) is 0 Å². The third kappa shape index (κ3) is 28.0. The van der Waals surface area contributed by atoms with E-state index >= 15 is 0 Å². The summed E-state index contributed by atoms with van der Waals surface area (Å²) in [5, 5.41) is 0. The molecule has 0 aromatic carbocycles. The Morgan fingerprint density at radius 2 is 1.60 bits per heavy atom. The van der Waals surface area contributed by atoms with Crippen LogP contribution in [0.3, 0.4) is 0 Å². The van der Waals surface area contributed by atoms with Gasteiger partial charge in [-0.1, -0.05) is 0 Å². The smallest absolute Gasteiger partial charge is 2.00 e. The van der Waals surface area contributed by atoms with E-state index in [1.54, 1.807) is 0 Å². The molecule has 0 rings (SSSR count). The molecule has 0 fully saturated rings. The maximum Gasteiger partial charge on any atom is 2.00 e. The SMILES string of the molecule is [H-].[H-].[O]=[V](=[O])[OH].[Sr+2]. The van der Waals surface area contributed by atoms with Gasteiger partial charge in [-0.2, -0.15) is 0 Å². The quantitative estimate of drug-likeness (QED) is 0.500. The summed E-state index contributed by atoms with van der Waals surface area (Å²) in [5.41, 5.74) is 0. The Bertz CT molecular complexity index is 61.3. The Hall–Kier alpha value is 1.62. The fourth-order valence-corrected chi connectivity index (χ4v) is 0. The van der Waals surface area contributed by atoms with Crippen LogP contribution in [0.25, 0.3) is 0 Å². The Morgan fingerprint density at radius 1 is 1.60 bits per heavy atom. The summed E-state index contributed by atoms with van der Waals surface area (Å²) in [7, 11) is 0. The van der Waals surface area contributed by atoms with Crippen LogP contribution in [0.15, 0.2) is 0 Å². The van der Waals surface area contributed by atoms with Crippen molar-refractivity contribution >= 4 is 45.5 Å². The van der Waals surface area contributed by atoms with Crippen molar-refractivity contribution in [3.05, 3.63) is 0 Å². The molecule has 0 amide bonds. The van der Waals surface area contributed by atoms with Crippen LogP contribution < -0.4 is 0 Å². The zero-order chi connectivity index (χ0) is 3.58. The van der Waals surface area contributed by atoms with Crippen LogP contribution in [0, 0.1) is 0 Å². The van der Waals surface area contributed by atoms with Gasteiger partial charge in [0.25, 0.3) is 0 Å². The monoisotopic (exact) mass is 190 g/mol. The van der Waals surface area contributed by atoms with E-state index < -0.39 is 15.4 Å². The van der Waals surface area contributed by atoms with Crippen molar-refractivity contribution in [2.75, 3.05) is 0 Å². The minimum atomic E-state index is -3.69. The summed E-state index contributed by atoms with van der Waals surface area (Å²) in [6.07, 6.45) is 0. The summed E-state index contributed by atoms with van der Waals surface area (Å²) in [6, 6.07) is 0. The van der Waals surface area contributed by atoms with Gasteiger partial charge in [-0.15, -0.1) is 0 Å². The Labute approximate surface area is 74.0 Å². The molecular formula is H3O3SrV. The minimum absolute atomic E-state index is 0. The summed E-state index contributed by atoms with van der Waals surface area (Å²) < 4.78 is 24.4. The third-order valence-electron chi connectivity index (χ3n) is 0. The molecule has 1 N–H and O–H groups in total. The van der Waals surface area contributed by atoms with E-state index in [2.05, 4.69) is 0 Å². The van der Waals surface area contributed by atoms with Gasteiger partial charge in [0, 0.05) is 0 Å². The Balaban J connectivity index is -0.0000000150. The van der Waals surface area contributed by atoms with E-state index in [4.69, 9.17) is 11.4 Å². The zero-order valence-corrected chi connectivity index (χ0v) is 7.29. The van der Waals surface area contributed by atoms with Crippen LogP contribution >= 0.6 is 0 Å². The van der Waals surface area contributed by atoms with Gasteiger partial charge in [0.2, 0.25) is 0 Å². The second-order valence-electron chi connectivity index (χ2n) is 0.238. The topological polar surface area (TPSA) is 54.4 Å². The number of hydrogen-bond acceptors (Lipinski definition) is 2. The molecular weight excluding hydrogens is 187 g/mol. The van der Waals surface area contributed by atoms with E-state index in [-0.39, 0.29) is 48.3 Å². The molecule has 0 unspecified atom stereocenters. The standard InChI is InChI=1S/H2O.2O.Sr.V.2H/h1H2;;;;;;/q;;;+2;+1;2*-1/p-1. The van der Waals surface area contributed by atoms with Gasteiger partial charge in [-0.3, -0.25) is 0 Å². The van der Waals surface area contributed by atoms with Crippen molar-refractivity contribution in [2.24, 2.45) is 0 Å². The van der Waals surface area contributed by atoms with Gasteiger partial charge in [-0.25, -0.2) is 0 Å². The number of hydrogen-bond donors (Lipinski definition) is 1. The molecule has 3 nitrogen and oxygen atoms in total. The van der Waals surface area contributed by atoms with Crippen molar-refractivity contribution in [1.82, 2.24) is 0 Å². The molecule has 5 heavy (non-hydrogen) atoms. The molecule has 0 saturated carbocycles. The first-order valence-corrected chi connectivity index (χ1v) is 2.33. The predicted molar refractivity (Wildman–Crippen MR) is 11.6 cm³/mol. The van der Waals surface area contributed by atoms with Crippen LogP contribution in [0.5, 0.6) is 0 Å². The molecule has 0 aliphatic rings. The van der Waals surface area contributed by atoms with Gasteiger partial charge in [0.1, 0.15) is 0 Å². The summed E-state index contributed by atoms with van der Waals surface area (Å²) in [5.74, 6) is 0. The normalized spacial score (nSPS) is 5.00. The van der Waals surface area contributed by atoms with Crippen molar-refractivity contribution < 1.29 is 29.6 Å². The second-order valence-corrected chi connectivity index (χ2v) is 0.981. The molecule has 0 aliphatic carbocycles. The Kier molecular flexibility index (Phi) is 11.0. The molecule has 0 aromatic heterocycles. The van der Waals surface area contributed by atoms with Crippen molar-refractivity contribution in [2.45, 2.75) is 0 Å². The van der Waals surface area contributed by atoms with E-state index in [0.717, 1.165) is 0 Å². The van der Waals surface area contributed by atoms with E-state index in [1.807, 2.05) is 0 Å². The maximum absolute atomic E-state index is 8.67. The van der Waals surface area contributed by atoms with Gasteiger partial charge in [0.15, 0.2) is 0 Å². The van der Waals surface area contributed by atoms with Gasteiger partial charge < -0.3 is 2.85 Å². The van der Waals surface area contributed by atoms with Crippen molar-refractivity contribution in [3.63, 3.8) is 0 Å². The minimum Gasteiger partial charge on any atom is 2.00 e. The molecule has 0 saturated heterocycles. The maximum atomic E-state index is 8.67. The van der Waals surface area contributed by atoms with Crippen LogP contribution in [0.4, 0.5) is 0 Å². The van der Waals surface area contributed by atoms with E-state index in [0.29, 0.717) is 0 Å². The van der Waals surface area contributed by atoms with Crippen molar-refractivity contribution in [3.8, 4) is 0 Å². The predicted octanol–water partition coefficient (Wildman–Crippen LogP) is -0.953. The van der Waals surface area contributed by atoms with Crippen LogP contribution in [0.1, 0.15) is 2.85 Å². The van der Waals surface area contributed by atoms with Crippen LogP contribution in [-0.4, -0.2) is 49.5 Å². The first-order chi connectivity index (χ1) is 1.73. The largest absolute Gasteiger partial charge is 2.00 e. The zero-order valence-electron chi connectivity index (χ0n) is 4.42. The van der Waals surface area contributed by atoms with Crippen LogP contribution in [-0.2, 0) is 22.7 Å². The molecule has 0 heterocycles. The average molecular weight is 190 g/mol. The van der Waals surface area contributed by atoms with Gasteiger partial charge >= 0.3 is 72.3 Å². The van der Waals surface area contributed by atoms with Crippen molar-refractivity contribution in [1.29, 1.82) is 0 Å². The average Bonchev–Trinajstić information content (AvgIpc) is 0.811. The van der Waals surface area contributed by atoms with E-state index in [1.165, 1.54) is 0 Å². The van der Waals surface area contributed by atoms with Crippen LogP contribution in [0.2, 0.25) is 0 Å². The summed E-state index contributed by atoms with van der Waals surface area (Å²) in [6.45, 7) is 0. The fraction of sp³-hybridized carbons (Fsp3) is 0. The first kappa shape index (κ1) is 9.80. The molecule has 0 radical (unpaired) electrons.